The van der Waals surface area contributed by atoms with Crippen LogP contribution in [-0.2, 0) is 9.59 Å². The monoisotopic (exact) mass is 355 g/mol. The zero-order valence-electron chi connectivity index (χ0n) is 14.8. The summed E-state index contributed by atoms with van der Waals surface area (Å²) >= 11 is 0. The lowest BCUT2D eigenvalue weighted by atomic mass is 9.98. The lowest BCUT2D eigenvalue weighted by Crippen LogP contribution is -2.48. The van der Waals surface area contributed by atoms with Gasteiger partial charge < -0.3 is 11.1 Å². The number of fused-ring (bicyclic) bond motifs is 1. The molecule has 0 saturated carbocycles. The summed E-state index contributed by atoms with van der Waals surface area (Å²) in [7, 11) is 0. The molecule has 0 bridgehead atoms. The molecule has 0 aromatic heterocycles. The lowest BCUT2D eigenvalue weighted by molar-refractivity contribution is -0.119. The number of hydrogen-bond acceptors (Lipinski definition) is 5. The second-order valence-corrected chi connectivity index (χ2v) is 7.32. The fraction of sp³-hybridized carbons (Fsp3) is 0.526. The van der Waals surface area contributed by atoms with Gasteiger partial charge in [-0.2, -0.15) is 5.10 Å². The molecule has 0 unspecified atom stereocenters. The number of para-hydroxylation sites is 1. The van der Waals surface area contributed by atoms with Crippen LogP contribution < -0.4 is 16.1 Å². The molecule has 3 heterocycles. The van der Waals surface area contributed by atoms with Crippen molar-refractivity contribution < 1.29 is 9.59 Å². The molecule has 3 aliphatic heterocycles. The minimum atomic E-state index is -0.618. The highest BCUT2D eigenvalue weighted by Gasteiger charge is 2.39. The molecule has 1 aromatic rings. The summed E-state index contributed by atoms with van der Waals surface area (Å²) in [6.45, 7) is 2.17. The third-order valence-electron chi connectivity index (χ3n) is 5.69. The van der Waals surface area contributed by atoms with E-state index in [0.717, 1.165) is 31.6 Å². The predicted molar refractivity (Wildman–Crippen MR) is 99.7 cm³/mol. The van der Waals surface area contributed by atoms with Crippen LogP contribution in [0.1, 0.15) is 32.1 Å². The highest BCUT2D eigenvalue weighted by atomic mass is 16.2. The highest BCUT2D eigenvalue weighted by molar-refractivity contribution is 6.40. The van der Waals surface area contributed by atoms with E-state index in [0.29, 0.717) is 11.8 Å². The van der Waals surface area contributed by atoms with Gasteiger partial charge in [-0.15, -0.1) is 0 Å². The molecule has 7 heteroatoms. The smallest absolute Gasteiger partial charge is 0.267 e. The van der Waals surface area contributed by atoms with E-state index in [1.165, 1.54) is 12.8 Å². The summed E-state index contributed by atoms with van der Waals surface area (Å²) in [6, 6.07) is 9.34. The van der Waals surface area contributed by atoms with E-state index in [1.54, 1.807) is 5.01 Å². The number of hydrogen-bond donors (Lipinski definition) is 2. The summed E-state index contributed by atoms with van der Waals surface area (Å²) in [5.41, 5.74) is 6.69. The van der Waals surface area contributed by atoms with E-state index in [2.05, 4.69) is 15.3 Å². The van der Waals surface area contributed by atoms with Gasteiger partial charge in [-0.05, 0) is 37.9 Å². The molecule has 3 N–H and O–H groups in total. The molecule has 3 aliphatic rings. The van der Waals surface area contributed by atoms with Gasteiger partial charge in [0, 0.05) is 25.0 Å². The van der Waals surface area contributed by atoms with Crippen molar-refractivity contribution >= 4 is 23.2 Å². The number of nitrogens with two attached hydrogens (primary N) is 1. The average molecular weight is 355 g/mol. The van der Waals surface area contributed by atoms with Gasteiger partial charge in [0.1, 0.15) is 11.8 Å². The molecular formula is C19H25N5O2. The van der Waals surface area contributed by atoms with Gasteiger partial charge in [0.2, 0.25) is 5.91 Å². The van der Waals surface area contributed by atoms with Gasteiger partial charge >= 0.3 is 0 Å². The van der Waals surface area contributed by atoms with Gasteiger partial charge in [-0.25, -0.2) is 0 Å². The summed E-state index contributed by atoms with van der Waals surface area (Å²) in [4.78, 5) is 27.1. The van der Waals surface area contributed by atoms with E-state index in [4.69, 9.17) is 5.73 Å². The third kappa shape index (κ3) is 3.19. The minimum absolute atomic E-state index is 0.170. The molecule has 1 aromatic carbocycles. The van der Waals surface area contributed by atoms with Crippen LogP contribution in [0.5, 0.6) is 0 Å². The maximum Gasteiger partial charge on any atom is 0.267 e. The summed E-state index contributed by atoms with van der Waals surface area (Å²) in [6.07, 6.45) is 4.83. The van der Waals surface area contributed by atoms with E-state index < -0.39 is 11.9 Å². The Bertz CT molecular complexity index is 720. The zero-order chi connectivity index (χ0) is 18.1. The first kappa shape index (κ1) is 17.0. The quantitative estimate of drug-likeness (QED) is 0.838. The Morgan fingerprint density at radius 2 is 1.92 bits per heavy atom. The van der Waals surface area contributed by atoms with Crippen LogP contribution in [0.2, 0.25) is 0 Å². The fourth-order valence-corrected chi connectivity index (χ4v) is 4.36. The first-order chi connectivity index (χ1) is 12.6. The largest absolute Gasteiger partial charge is 0.368 e. The third-order valence-corrected chi connectivity index (χ3v) is 5.69. The Morgan fingerprint density at radius 3 is 2.69 bits per heavy atom. The van der Waals surface area contributed by atoms with Crippen molar-refractivity contribution in [2.24, 2.45) is 10.8 Å². The van der Waals surface area contributed by atoms with Crippen molar-refractivity contribution in [2.45, 2.75) is 50.2 Å². The Labute approximate surface area is 153 Å². The Morgan fingerprint density at radius 1 is 1.12 bits per heavy atom. The van der Waals surface area contributed by atoms with Crippen molar-refractivity contribution in [2.75, 3.05) is 18.1 Å². The van der Waals surface area contributed by atoms with Crippen LogP contribution in [0.3, 0.4) is 0 Å². The van der Waals surface area contributed by atoms with Gasteiger partial charge in [0.15, 0.2) is 0 Å². The van der Waals surface area contributed by atoms with Crippen LogP contribution in [0, 0.1) is 0 Å². The molecule has 0 radical (unpaired) electrons. The summed E-state index contributed by atoms with van der Waals surface area (Å²) in [5.74, 6) is -0.646. The molecule has 4 rings (SSSR count). The van der Waals surface area contributed by atoms with E-state index in [1.807, 2.05) is 30.3 Å². The van der Waals surface area contributed by atoms with Gasteiger partial charge in [-0.3, -0.25) is 19.5 Å². The fourth-order valence-electron chi connectivity index (χ4n) is 4.36. The maximum atomic E-state index is 12.8. The second kappa shape index (κ2) is 7.07. The van der Waals surface area contributed by atoms with Crippen LogP contribution in [-0.4, -0.2) is 53.6 Å². The second-order valence-electron chi connectivity index (χ2n) is 7.32. The number of carbonyl (C=O) groups excluding carboxylic acids is 2. The first-order valence-corrected chi connectivity index (χ1v) is 9.39. The number of hydrazone groups is 1. The van der Waals surface area contributed by atoms with Crippen LogP contribution in [0.4, 0.5) is 5.69 Å². The van der Waals surface area contributed by atoms with Crippen molar-refractivity contribution in [3.63, 3.8) is 0 Å². The highest BCUT2D eigenvalue weighted by Crippen LogP contribution is 2.28. The standard InChI is InChI=1S/C19H25N5O2/c20-18(25)17-12-15(22-24(17)13-6-2-1-3-7-13)19(26)21-14-9-11-23-10-5-4-8-16(14)23/h1-3,6-7,14,16-17H,4-5,8-12H2,(H2,20,25)(H,21,26)/t14-,16+,17-/m0/s1. The van der Waals surface area contributed by atoms with Crippen molar-refractivity contribution in [1.82, 2.24) is 10.2 Å². The molecule has 3 atom stereocenters. The number of benzene rings is 1. The van der Waals surface area contributed by atoms with Crippen LogP contribution >= 0.6 is 0 Å². The molecule has 0 spiro atoms. The number of piperidine rings is 1. The first-order valence-electron chi connectivity index (χ1n) is 9.39. The Hall–Kier alpha value is -2.41. The number of anilines is 1. The molecule has 0 aliphatic carbocycles. The molecule has 2 fully saturated rings. The topological polar surface area (TPSA) is 91.0 Å². The van der Waals surface area contributed by atoms with Gasteiger partial charge in [0.25, 0.3) is 5.91 Å². The van der Waals surface area contributed by atoms with Gasteiger partial charge in [0.05, 0.1) is 5.69 Å². The van der Waals surface area contributed by atoms with Crippen molar-refractivity contribution in [1.29, 1.82) is 0 Å². The molecular weight excluding hydrogens is 330 g/mol. The number of amides is 2. The maximum absolute atomic E-state index is 12.8. The number of nitrogens with zero attached hydrogens (tertiary/aromatic N) is 3. The Kier molecular flexibility index (Phi) is 4.63. The molecule has 138 valence electrons. The van der Waals surface area contributed by atoms with Crippen LogP contribution in [0.25, 0.3) is 0 Å². The SMILES string of the molecule is NC(=O)[C@@H]1CC(C(=O)N[C@H]2CCN3CCCC[C@H]23)=NN1c1ccccc1. The number of carbonyl (C=O) groups is 2. The molecule has 2 saturated heterocycles. The molecule has 26 heavy (non-hydrogen) atoms. The van der Waals surface area contributed by atoms with Crippen LogP contribution in [0.15, 0.2) is 35.4 Å². The van der Waals surface area contributed by atoms with E-state index in [-0.39, 0.29) is 18.4 Å². The summed E-state index contributed by atoms with van der Waals surface area (Å²) in [5, 5.41) is 9.16. The zero-order valence-corrected chi connectivity index (χ0v) is 14.8. The van der Waals surface area contributed by atoms with Crippen molar-refractivity contribution in [3.8, 4) is 0 Å². The van der Waals surface area contributed by atoms with Gasteiger partial charge in [-0.1, -0.05) is 24.6 Å². The molecule has 2 amide bonds. The molecule has 7 nitrogen and oxygen atoms in total. The lowest BCUT2D eigenvalue weighted by Gasteiger charge is -2.32. The number of nitrogens with one attached hydrogen (secondary N) is 1. The number of primary amides is 1. The number of rotatable bonds is 4. The van der Waals surface area contributed by atoms with E-state index >= 15 is 0 Å². The van der Waals surface area contributed by atoms with E-state index in [9.17, 15) is 9.59 Å². The summed E-state index contributed by atoms with van der Waals surface area (Å²) < 4.78 is 0. The van der Waals surface area contributed by atoms with Crippen molar-refractivity contribution in [3.05, 3.63) is 30.3 Å². The predicted octanol–water partition coefficient (Wildman–Crippen LogP) is 0.850. The normalized spacial score (nSPS) is 28.5. The minimum Gasteiger partial charge on any atom is -0.368 e. The Balaban J connectivity index is 1.48. The average Bonchev–Trinajstić information content (AvgIpc) is 3.28.